The molecule has 0 aliphatic carbocycles. The topological polar surface area (TPSA) is 85.2 Å². The van der Waals surface area contributed by atoms with Gasteiger partial charge in [-0.05, 0) is 48.0 Å². The molecule has 1 heterocycles. The number of benzene rings is 3. The van der Waals surface area contributed by atoms with Crippen molar-refractivity contribution in [3.05, 3.63) is 102 Å². The third-order valence-corrected chi connectivity index (χ3v) is 4.84. The summed E-state index contributed by atoms with van der Waals surface area (Å²) in [6, 6.07) is 23.1. The molecule has 0 saturated carbocycles. The number of aromatic nitrogens is 2. The molecule has 8 heteroatoms. The number of ether oxygens (including phenoxy) is 1. The molecular formula is C24H19ClN4O3. The summed E-state index contributed by atoms with van der Waals surface area (Å²) in [5.74, 6) is -0.753. The van der Waals surface area contributed by atoms with Crippen molar-refractivity contribution < 1.29 is 14.3 Å². The van der Waals surface area contributed by atoms with Crippen molar-refractivity contribution in [2.45, 2.75) is 6.54 Å². The van der Waals surface area contributed by atoms with Crippen molar-refractivity contribution in [1.82, 2.24) is 15.1 Å². The summed E-state index contributed by atoms with van der Waals surface area (Å²) < 4.78 is 7.53. The number of amides is 2. The highest BCUT2D eigenvalue weighted by Gasteiger charge is 2.16. The third kappa shape index (κ3) is 5.14. The van der Waals surface area contributed by atoms with Crippen LogP contribution in [0.1, 0.15) is 5.56 Å². The molecule has 0 spiro atoms. The largest absolute Gasteiger partial charge is 0.454 e. The minimum atomic E-state index is -0.802. The lowest BCUT2D eigenvalue weighted by Crippen LogP contribution is -2.35. The van der Waals surface area contributed by atoms with E-state index in [1.807, 2.05) is 36.5 Å². The van der Waals surface area contributed by atoms with E-state index in [0.29, 0.717) is 22.2 Å². The quantitative estimate of drug-likeness (QED) is 0.425. The summed E-state index contributed by atoms with van der Waals surface area (Å²) in [7, 11) is 0. The van der Waals surface area contributed by atoms with Gasteiger partial charge in [0.2, 0.25) is 0 Å². The molecule has 3 aromatic carbocycles. The summed E-state index contributed by atoms with van der Waals surface area (Å²) in [5, 5.41) is 9.83. The van der Waals surface area contributed by atoms with Gasteiger partial charge in [0, 0.05) is 18.9 Å². The summed E-state index contributed by atoms with van der Waals surface area (Å²) >= 11 is 6.14. The number of nitrogens with one attached hydrogen (secondary N) is 2. The van der Waals surface area contributed by atoms with Crippen LogP contribution in [0.4, 0.5) is 5.69 Å². The maximum absolute atomic E-state index is 12.4. The standard InChI is InChI=1S/C24H19ClN4O3/c25-19-9-1-3-11-21(19)32-22-12-4-2-10-20(22)28-24(31)23(30)26-16-17-7-5-8-18(15-17)29-14-6-13-27-29/h1-15H,16H2,(H,26,30)(H,28,31). The van der Waals surface area contributed by atoms with Gasteiger partial charge in [-0.2, -0.15) is 5.10 Å². The normalized spacial score (nSPS) is 10.4. The lowest BCUT2D eigenvalue weighted by Gasteiger charge is -2.13. The molecule has 1 aromatic heterocycles. The highest BCUT2D eigenvalue weighted by atomic mass is 35.5. The fourth-order valence-electron chi connectivity index (χ4n) is 2.98. The third-order valence-electron chi connectivity index (χ3n) is 4.53. The number of carbonyl (C=O) groups is 2. The van der Waals surface area contributed by atoms with Crippen LogP contribution >= 0.6 is 11.6 Å². The van der Waals surface area contributed by atoms with E-state index in [4.69, 9.17) is 16.3 Å². The second kappa shape index (κ2) is 9.80. The summed E-state index contributed by atoms with van der Waals surface area (Å²) in [4.78, 5) is 24.8. The van der Waals surface area contributed by atoms with Gasteiger partial charge in [-0.25, -0.2) is 4.68 Å². The number of anilines is 1. The molecule has 0 fully saturated rings. The fraction of sp³-hybridized carbons (Fsp3) is 0.0417. The second-order valence-corrected chi connectivity index (χ2v) is 7.19. The lowest BCUT2D eigenvalue weighted by molar-refractivity contribution is -0.136. The van der Waals surface area contributed by atoms with Crippen LogP contribution < -0.4 is 15.4 Å². The van der Waals surface area contributed by atoms with Crippen LogP contribution in [0.15, 0.2) is 91.3 Å². The average molecular weight is 447 g/mol. The van der Waals surface area contributed by atoms with E-state index >= 15 is 0 Å². The first kappa shape index (κ1) is 21.1. The van der Waals surface area contributed by atoms with Crippen molar-refractivity contribution in [2.24, 2.45) is 0 Å². The first-order valence-electron chi connectivity index (χ1n) is 9.80. The van der Waals surface area contributed by atoms with Gasteiger partial charge in [0.15, 0.2) is 5.75 Å². The molecule has 0 aliphatic heterocycles. The van der Waals surface area contributed by atoms with Crippen molar-refractivity contribution in [2.75, 3.05) is 5.32 Å². The Balaban J connectivity index is 1.39. The zero-order chi connectivity index (χ0) is 22.3. The molecule has 0 bridgehead atoms. The van der Waals surface area contributed by atoms with Gasteiger partial charge in [0.1, 0.15) is 5.75 Å². The van der Waals surface area contributed by atoms with Gasteiger partial charge in [0.25, 0.3) is 0 Å². The van der Waals surface area contributed by atoms with Crippen LogP contribution in [0.5, 0.6) is 11.5 Å². The minimum Gasteiger partial charge on any atom is -0.454 e. The molecule has 32 heavy (non-hydrogen) atoms. The van der Waals surface area contributed by atoms with E-state index in [1.54, 1.807) is 59.4 Å². The number of carbonyl (C=O) groups excluding carboxylic acids is 2. The summed E-state index contributed by atoms with van der Waals surface area (Å²) in [5.41, 5.74) is 2.05. The van der Waals surface area contributed by atoms with E-state index in [-0.39, 0.29) is 6.54 Å². The zero-order valence-corrected chi connectivity index (χ0v) is 17.6. The van der Waals surface area contributed by atoms with E-state index in [0.717, 1.165) is 11.3 Å². The van der Waals surface area contributed by atoms with Crippen LogP contribution in [0, 0.1) is 0 Å². The SMILES string of the molecule is O=C(NCc1cccc(-n2cccn2)c1)C(=O)Nc1ccccc1Oc1ccccc1Cl. The highest BCUT2D eigenvalue weighted by molar-refractivity contribution is 6.39. The van der Waals surface area contributed by atoms with E-state index < -0.39 is 11.8 Å². The van der Waals surface area contributed by atoms with Gasteiger partial charge in [-0.15, -0.1) is 0 Å². The fourth-order valence-corrected chi connectivity index (χ4v) is 3.15. The Morgan fingerprint density at radius 3 is 2.47 bits per heavy atom. The first-order chi connectivity index (χ1) is 15.6. The van der Waals surface area contributed by atoms with Gasteiger partial charge >= 0.3 is 11.8 Å². The average Bonchev–Trinajstić information content (AvgIpc) is 3.35. The number of hydrogen-bond acceptors (Lipinski definition) is 4. The maximum Gasteiger partial charge on any atom is 0.313 e. The monoisotopic (exact) mass is 446 g/mol. The Kier molecular flexibility index (Phi) is 6.48. The summed E-state index contributed by atoms with van der Waals surface area (Å²) in [6.45, 7) is 0.194. The number of nitrogens with zero attached hydrogens (tertiary/aromatic N) is 2. The molecule has 7 nitrogen and oxygen atoms in total. The van der Waals surface area contributed by atoms with Crippen molar-refractivity contribution >= 4 is 29.1 Å². The Labute approximate surface area is 189 Å². The Bertz CT molecular complexity index is 1240. The van der Waals surface area contributed by atoms with Crippen LogP contribution in [-0.4, -0.2) is 21.6 Å². The van der Waals surface area contributed by atoms with Gasteiger partial charge in [0.05, 0.1) is 16.4 Å². The predicted molar refractivity (Wildman–Crippen MR) is 122 cm³/mol. The van der Waals surface area contributed by atoms with Crippen LogP contribution in [0.3, 0.4) is 0 Å². The second-order valence-electron chi connectivity index (χ2n) is 6.79. The smallest absolute Gasteiger partial charge is 0.313 e. The Morgan fingerprint density at radius 2 is 1.69 bits per heavy atom. The van der Waals surface area contributed by atoms with Crippen molar-refractivity contribution in [1.29, 1.82) is 0 Å². The van der Waals surface area contributed by atoms with Crippen LogP contribution in [0.2, 0.25) is 5.02 Å². The van der Waals surface area contributed by atoms with Crippen molar-refractivity contribution in [3.8, 4) is 17.2 Å². The minimum absolute atomic E-state index is 0.194. The summed E-state index contributed by atoms with van der Waals surface area (Å²) in [6.07, 6.45) is 3.51. The van der Waals surface area contributed by atoms with Crippen molar-refractivity contribution in [3.63, 3.8) is 0 Å². The van der Waals surface area contributed by atoms with Gasteiger partial charge in [-0.1, -0.05) is 48.0 Å². The molecule has 4 rings (SSSR count). The van der Waals surface area contributed by atoms with Crippen LogP contribution in [0.25, 0.3) is 5.69 Å². The molecule has 0 unspecified atom stereocenters. The first-order valence-corrected chi connectivity index (χ1v) is 10.2. The zero-order valence-electron chi connectivity index (χ0n) is 16.9. The number of para-hydroxylation sites is 3. The molecule has 4 aromatic rings. The van der Waals surface area contributed by atoms with Gasteiger partial charge in [-0.3, -0.25) is 9.59 Å². The molecule has 0 saturated heterocycles. The molecule has 160 valence electrons. The predicted octanol–water partition coefficient (Wildman–Crippen LogP) is 4.57. The molecule has 0 aliphatic rings. The Hall–Kier alpha value is -4.10. The number of hydrogen-bond donors (Lipinski definition) is 2. The Morgan fingerprint density at radius 1 is 0.906 bits per heavy atom. The number of rotatable bonds is 6. The number of halogens is 1. The van der Waals surface area contributed by atoms with E-state index in [1.165, 1.54) is 0 Å². The highest BCUT2D eigenvalue weighted by Crippen LogP contribution is 2.33. The molecule has 0 radical (unpaired) electrons. The van der Waals surface area contributed by atoms with E-state index in [9.17, 15) is 9.59 Å². The molecule has 2 amide bonds. The van der Waals surface area contributed by atoms with Crippen LogP contribution in [-0.2, 0) is 16.1 Å². The van der Waals surface area contributed by atoms with E-state index in [2.05, 4.69) is 15.7 Å². The van der Waals surface area contributed by atoms with Gasteiger partial charge < -0.3 is 15.4 Å². The molecule has 2 N–H and O–H groups in total. The maximum atomic E-state index is 12.4. The molecule has 0 atom stereocenters. The lowest BCUT2D eigenvalue weighted by atomic mass is 10.2. The molecular weight excluding hydrogens is 428 g/mol.